The van der Waals surface area contributed by atoms with Crippen LogP contribution in [-0.2, 0) is 4.79 Å². The second-order valence-electron chi connectivity index (χ2n) is 5.60. The number of benzene rings is 1. The molecule has 1 aromatic rings. The highest BCUT2D eigenvalue weighted by atomic mass is 79.9. The van der Waals surface area contributed by atoms with E-state index in [0.717, 1.165) is 0 Å². The highest BCUT2D eigenvalue weighted by molar-refractivity contribution is 9.10. The van der Waals surface area contributed by atoms with Gasteiger partial charge >= 0.3 is 6.18 Å². The van der Waals surface area contributed by atoms with E-state index in [1.54, 1.807) is 24.3 Å². The first-order valence-corrected chi connectivity index (χ1v) is 8.19. The molecule has 0 spiro atoms. The number of hydrogen-bond donors (Lipinski definition) is 2. The molecule has 9 heteroatoms. The van der Waals surface area contributed by atoms with Crippen LogP contribution in [0.5, 0.6) is 0 Å². The smallest absolute Gasteiger partial charge is 0.294 e. The Morgan fingerprint density at radius 3 is 2.62 bits per heavy atom. The van der Waals surface area contributed by atoms with Gasteiger partial charge in [-0.1, -0.05) is 12.1 Å². The summed E-state index contributed by atoms with van der Waals surface area (Å²) in [7, 11) is 0. The van der Waals surface area contributed by atoms with Crippen LogP contribution < -0.4 is 10.9 Å². The largest absolute Gasteiger partial charge is 0.393 e. The third kappa shape index (κ3) is 5.20. The molecular formula is C15H17BrF3N3O2. The Bertz CT molecular complexity index is 610. The molecule has 0 aliphatic carbocycles. The Hall–Kier alpha value is -1.61. The maximum absolute atomic E-state index is 12.7. The maximum atomic E-state index is 12.7. The monoisotopic (exact) mass is 407 g/mol. The number of alkyl halides is 3. The van der Waals surface area contributed by atoms with Crippen molar-refractivity contribution in [2.75, 3.05) is 19.6 Å². The molecular weight excluding hydrogens is 391 g/mol. The van der Waals surface area contributed by atoms with Crippen molar-refractivity contribution in [3.05, 3.63) is 34.3 Å². The zero-order chi connectivity index (χ0) is 17.7. The summed E-state index contributed by atoms with van der Waals surface area (Å²) in [6, 6.07) is 6.67. The molecule has 1 atom stereocenters. The summed E-state index contributed by atoms with van der Waals surface area (Å²) in [5, 5.41) is 0. The Labute approximate surface area is 145 Å². The number of hydrazine groups is 1. The minimum atomic E-state index is -4.25. The topological polar surface area (TPSA) is 61.4 Å². The van der Waals surface area contributed by atoms with Crippen LogP contribution in [0.2, 0.25) is 0 Å². The van der Waals surface area contributed by atoms with Crippen LogP contribution in [-0.4, -0.2) is 42.5 Å². The van der Waals surface area contributed by atoms with Gasteiger partial charge in [0.25, 0.3) is 11.8 Å². The van der Waals surface area contributed by atoms with Gasteiger partial charge < -0.3 is 0 Å². The minimum absolute atomic E-state index is 0.0837. The van der Waals surface area contributed by atoms with E-state index in [2.05, 4.69) is 26.8 Å². The first-order chi connectivity index (χ1) is 11.3. The van der Waals surface area contributed by atoms with E-state index in [4.69, 9.17) is 0 Å². The Balaban J connectivity index is 1.81. The summed E-state index contributed by atoms with van der Waals surface area (Å²) in [6.07, 6.45) is -3.77. The van der Waals surface area contributed by atoms with Crippen LogP contribution in [0.4, 0.5) is 13.2 Å². The molecule has 2 rings (SSSR count). The van der Waals surface area contributed by atoms with Gasteiger partial charge in [-0.3, -0.25) is 25.3 Å². The molecule has 2 N–H and O–H groups in total. The number of piperidine rings is 1. The number of nitrogens with zero attached hydrogens (tertiary/aromatic N) is 1. The summed E-state index contributed by atoms with van der Waals surface area (Å²) in [6.45, 7) is 0.0378. The number of carbonyl (C=O) groups excluding carboxylic acids is 2. The SMILES string of the molecule is O=C(CN1CCCC(C(F)(F)F)C1)NNC(=O)c1ccccc1Br. The fourth-order valence-electron chi connectivity index (χ4n) is 2.55. The number of rotatable bonds is 3. The van der Waals surface area contributed by atoms with E-state index in [1.165, 1.54) is 4.90 Å². The molecule has 1 unspecified atom stereocenters. The van der Waals surface area contributed by atoms with Gasteiger partial charge in [-0.25, -0.2) is 0 Å². The molecule has 0 radical (unpaired) electrons. The van der Waals surface area contributed by atoms with E-state index in [9.17, 15) is 22.8 Å². The summed E-state index contributed by atoms with van der Waals surface area (Å²) < 4.78 is 38.8. The third-order valence-corrected chi connectivity index (χ3v) is 4.46. The molecule has 5 nitrogen and oxygen atoms in total. The van der Waals surface area contributed by atoms with Crippen molar-refractivity contribution >= 4 is 27.7 Å². The predicted octanol–water partition coefficient (Wildman–Crippen LogP) is 2.48. The lowest BCUT2D eigenvalue weighted by atomic mass is 9.97. The molecule has 24 heavy (non-hydrogen) atoms. The first-order valence-electron chi connectivity index (χ1n) is 7.40. The van der Waals surface area contributed by atoms with Gasteiger partial charge in [0, 0.05) is 11.0 Å². The van der Waals surface area contributed by atoms with E-state index in [-0.39, 0.29) is 19.5 Å². The molecule has 2 amide bonds. The van der Waals surface area contributed by atoms with E-state index in [1.807, 2.05) is 0 Å². The second kappa shape index (κ2) is 7.98. The molecule has 0 aromatic heterocycles. The molecule has 1 aliphatic heterocycles. The number of hydrogen-bond acceptors (Lipinski definition) is 3. The van der Waals surface area contributed by atoms with Crippen LogP contribution in [0.15, 0.2) is 28.7 Å². The Kier molecular flexibility index (Phi) is 6.22. The van der Waals surface area contributed by atoms with E-state index < -0.39 is 23.9 Å². The number of halogens is 4. The van der Waals surface area contributed by atoms with Gasteiger partial charge in [0.05, 0.1) is 18.0 Å². The molecule has 1 heterocycles. The minimum Gasteiger partial charge on any atom is -0.294 e. The fourth-order valence-corrected chi connectivity index (χ4v) is 3.01. The van der Waals surface area contributed by atoms with Crippen molar-refractivity contribution < 1.29 is 22.8 Å². The summed E-state index contributed by atoms with van der Waals surface area (Å²) in [5.41, 5.74) is 4.82. The molecule has 132 valence electrons. The molecule has 1 aliphatic rings. The molecule has 1 aromatic carbocycles. The lowest BCUT2D eigenvalue weighted by molar-refractivity contribution is -0.187. The average Bonchev–Trinajstić information content (AvgIpc) is 2.52. The normalized spacial score (nSPS) is 18.9. The zero-order valence-corrected chi connectivity index (χ0v) is 14.3. The summed E-state index contributed by atoms with van der Waals surface area (Å²) in [5.74, 6) is -2.48. The van der Waals surface area contributed by atoms with Crippen LogP contribution in [0.1, 0.15) is 23.2 Å². The van der Waals surface area contributed by atoms with Gasteiger partial charge in [0.2, 0.25) is 0 Å². The highest BCUT2D eigenvalue weighted by Crippen LogP contribution is 2.32. The van der Waals surface area contributed by atoms with Crippen LogP contribution >= 0.6 is 15.9 Å². The van der Waals surface area contributed by atoms with Gasteiger partial charge in [0.1, 0.15) is 0 Å². The number of nitrogens with one attached hydrogen (secondary N) is 2. The molecule has 1 saturated heterocycles. The standard InChI is InChI=1S/C15H17BrF3N3O2/c16-12-6-2-1-5-11(12)14(24)21-20-13(23)9-22-7-3-4-10(8-22)15(17,18)19/h1-2,5-6,10H,3-4,7-9H2,(H,20,23)(H,21,24). The maximum Gasteiger partial charge on any atom is 0.393 e. The molecule has 1 fully saturated rings. The molecule has 0 saturated carbocycles. The zero-order valence-electron chi connectivity index (χ0n) is 12.7. The second-order valence-corrected chi connectivity index (χ2v) is 6.45. The summed E-state index contributed by atoms with van der Waals surface area (Å²) in [4.78, 5) is 25.2. The van der Waals surface area contributed by atoms with Gasteiger partial charge in [0.15, 0.2) is 0 Å². The lowest BCUT2D eigenvalue weighted by Gasteiger charge is -2.33. The van der Waals surface area contributed by atoms with Crippen LogP contribution in [0.25, 0.3) is 0 Å². The number of amides is 2. The summed E-state index contributed by atoms with van der Waals surface area (Å²) >= 11 is 3.22. The number of likely N-dealkylation sites (tertiary alicyclic amines) is 1. The Morgan fingerprint density at radius 1 is 1.25 bits per heavy atom. The van der Waals surface area contributed by atoms with Gasteiger partial charge in [-0.2, -0.15) is 13.2 Å². The van der Waals surface area contributed by atoms with Crippen molar-refractivity contribution in [2.24, 2.45) is 5.92 Å². The lowest BCUT2D eigenvalue weighted by Crippen LogP contribution is -2.49. The highest BCUT2D eigenvalue weighted by Gasteiger charge is 2.41. The van der Waals surface area contributed by atoms with Crippen LogP contribution in [0.3, 0.4) is 0 Å². The van der Waals surface area contributed by atoms with E-state index in [0.29, 0.717) is 23.0 Å². The van der Waals surface area contributed by atoms with Crippen molar-refractivity contribution in [2.45, 2.75) is 19.0 Å². The van der Waals surface area contributed by atoms with Crippen molar-refractivity contribution in [1.29, 1.82) is 0 Å². The predicted molar refractivity (Wildman–Crippen MR) is 85.0 cm³/mol. The first kappa shape index (κ1) is 18.7. The van der Waals surface area contributed by atoms with Gasteiger partial charge in [-0.15, -0.1) is 0 Å². The third-order valence-electron chi connectivity index (χ3n) is 3.77. The fraction of sp³-hybridized carbons (Fsp3) is 0.467. The van der Waals surface area contributed by atoms with Crippen molar-refractivity contribution in [3.8, 4) is 0 Å². The van der Waals surface area contributed by atoms with E-state index >= 15 is 0 Å². The quantitative estimate of drug-likeness (QED) is 0.756. The Morgan fingerprint density at radius 2 is 1.96 bits per heavy atom. The molecule has 0 bridgehead atoms. The average molecular weight is 408 g/mol. The van der Waals surface area contributed by atoms with Gasteiger partial charge in [-0.05, 0) is 47.4 Å². The van der Waals surface area contributed by atoms with Crippen LogP contribution in [0, 0.1) is 5.92 Å². The van der Waals surface area contributed by atoms with Crippen molar-refractivity contribution in [1.82, 2.24) is 15.8 Å². The number of carbonyl (C=O) groups is 2. The van der Waals surface area contributed by atoms with Crippen molar-refractivity contribution in [3.63, 3.8) is 0 Å².